The fraction of sp³-hybridized carbons (Fsp3) is 0.438. The third-order valence-corrected chi connectivity index (χ3v) is 2.75. The zero-order valence-electron chi connectivity index (χ0n) is 12.0. The second-order valence-corrected chi connectivity index (χ2v) is 4.60. The quantitative estimate of drug-likeness (QED) is 0.509. The van der Waals surface area contributed by atoms with Crippen LogP contribution in [0, 0.1) is 0 Å². The van der Waals surface area contributed by atoms with E-state index in [9.17, 15) is 4.79 Å². The molecular weight excluding hydrogens is 276 g/mol. The Morgan fingerprint density at radius 1 is 1.15 bits per heavy atom. The smallest absolute Gasteiger partial charge is 0.170 e. The summed E-state index contributed by atoms with van der Waals surface area (Å²) in [5.41, 5.74) is 0.887. The van der Waals surface area contributed by atoms with E-state index >= 15 is 0 Å². The number of allylic oxidation sites excluding steroid dienone is 1. The van der Waals surface area contributed by atoms with Crippen molar-refractivity contribution in [1.82, 2.24) is 0 Å². The first-order chi connectivity index (χ1) is 9.71. The minimum atomic E-state index is -0.117. The Labute approximate surface area is 125 Å². The number of hydrogen-bond donors (Lipinski definition) is 0. The van der Waals surface area contributed by atoms with Gasteiger partial charge in [-0.2, -0.15) is 0 Å². The monoisotopic (exact) mass is 296 g/mol. The van der Waals surface area contributed by atoms with Crippen molar-refractivity contribution in [1.29, 1.82) is 0 Å². The van der Waals surface area contributed by atoms with Crippen LogP contribution < -0.4 is 9.47 Å². The van der Waals surface area contributed by atoms with E-state index in [1.165, 1.54) is 6.08 Å². The predicted molar refractivity (Wildman–Crippen MR) is 82.8 cm³/mol. The van der Waals surface area contributed by atoms with Gasteiger partial charge in [-0.15, -0.1) is 11.6 Å². The molecule has 0 radical (unpaired) electrons. The Hall–Kier alpha value is -1.48. The fourth-order valence-electron chi connectivity index (χ4n) is 1.52. The van der Waals surface area contributed by atoms with Crippen LogP contribution in [-0.4, -0.2) is 24.9 Å². The number of ether oxygens (including phenoxy) is 2. The Balaban J connectivity index is 2.88. The van der Waals surface area contributed by atoms with Crippen LogP contribution in [-0.2, 0) is 4.79 Å². The molecule has 20 heavy (non-hydrogen) atoms. The number of carbonyl (C=O) groups excluding carboxylic acids is 1. The Morgan fingerprint density at radius 3 is 2.40 bits per heavy atom. The minimum absolute atomic E-state index is 0.00656. The van der Waals surface area contributed by atoms with Crippen LogP contribution in [0.15, 0.2) is 24.3 Å². The van der Waals surface area contributed by atoms with Gasteiger partial charge in [-0.3, -0.25) is 4.79 Å². The van der Waals surface area contributed by atoms with Crippen LogP contribution in [0.1, 0.15) is 32.3 Å². The highest BCUT2D eigenvalue weighted by molar-refractivity contribution is 6.29. The SMILES string of the molecule is CCCOc1ccc(C=CC(=O)CCl)cc1OCCC. The molecule has 4 heteroatoms. The van der Waals surface area contributed by atoms with Crippen molar-refractivity contribution in [2.45, 2.75) is 26.7 Å². The normalized spacial score (nSPS) is 10.8. The van der Waals surface area contributed by atoms with E-state index in [0.29, 0.717) is 19.0 Å². The van der Waals surface area contributed by atoms with Gasteiger partial charge in [-0.25, -0.2) is 0 Å². The van der Waals surface area contributed by atoms with Gasteiger partial charge >= 0.3 is 0 Å². The van der Waals surface area contributed by atoms with E-state index in [-0.39, 0.29) is 11.7 Å². The maximum Gasteiger partial charge on any atom is 0.170 e. The molecule has 0 amide bonds. The molecule has 0 bridgehead atoms. The van der Waals surface area contributed by atoms with E-state index in [4.69, 9.17) is 21.1 Å². The van der Waals surface area contributed by atoms with Gasteiger partial charge < -0.3 is 9.47 Å². The molecule has 0 heterocycles. The van der Waals surface area contributed by atoms with Crippen LogP contribution in [0.5, 0.6) is 11.5 Å². The van der Waals surface area contributed by atoms with Gasteiger partial charge in [-0.05, 0) is 36.6 Å². The summed E-state index contributed by atoms with van der Waals surface area (Å²) in [5, 5.41) is 0. The third-order valence-electron chi connectivity index (χ3n) is 2.48. The largest absolute Gasteiger partial charge is 0.490 e. The molecule has 110 valence electrons. The highest BCUT2D eigenvalue weighted by Gasteiger charge is 2.06. The number of carbonyl (C=O) groups is 1. The molecule has 0 spiro atoms. The van der Waals surface area contributed by atoms with Gasteiger partial charge in [0.05, 0.1) is 19.1 Å². The maximum absolute atomic E-state index is 11.2. The average Bonchev–Trinajstić information content (AvgIpc) is 2.49. The fourth-order valence-corrected chi connectivity index (χ4v) is 1.61. The Kier molecular flexibility index (Phi) is 7.81. The molecular formula is C16H21ClO3. The topological polar surface area (TPSA) is 35.5 Å². The lowest BCUT2D eigenvalue weighted by molar-refractivity contribution is -0.112. The first kappa shape index (κ1) is 16.6. The molecule has 0 saturated carbocycles. The molecule has 0 fully saturated rings. The summed E-state index contributed by atoms with van der Waals surface area (Å²) in [6.45, 7) is 5.40. The molecule has 0 N–H and O–H groups in total. The molecule has 1 aromatic carbocycles. The standard InChI is InChI=1S/C16H21ClO3/c1-3-9-19-15-8-6-13(5-7-14(18)12-17)11-16(15)20-10-4-2/h5-8,11H,3-4,9-10,12H2,1-2H3. The third kappa shape index (κ3) is 5.66. The van der Waals surface area contributed by atoms with Crippen LogP contribution in [0.3, 0.4) is 0 Å². The minimum Gasteiger partial charge on any atom is -0.490 e. The second-order valence-electron chi connectivity index (χ2n) is 4.34. The molecule has 0 unspecified atom stereocenters. The molecule has 0 aromatic heterocycles. The molecule has 0 aliphatic rings. The van der Waals surface area contributed by atoms with Crippen molar-refractivity contribution in [3.8, 4) is 11.5 Å². The summed E-state index contributed by atoms with van der Waals surface area (Å²) in [4.78, 5) is 11.2. The lowest BCUT2D eigenvalue weighted by Gasteiger charge is -2.12. The van der Waals surface area contributed by atoms with E-state index < -0.39 is 0 Å². The van der Waals surface area contributed by atoms with Gasteiger partial charge in [0.2, 0.25) is 0 Å². The van der Waals surface area contributed by atoms with Gasteiger partial charge in [0.25, 0.3) is 0 Å². The summed E-state index contributed by atoms with van der Waals surface area (Å²) in [5.74, 6) is 1.32. The summed E-state index contributed by atoms with van der Waals surface area (Å²) in [6, 6.07) is 5.63. The zero-order valence-corrected chi connectivity index (χ0v) is 12.8. The predicted octanol–water partition coefficient (Wildman–Crippen LogP) is 4.09. The Morgan fingerprint density at radius 2 is 1.80 bits per heavy atom. The maximum atomic E-state index is 11.2. The second kappa shape index (κ2) is 9.43. The molecule has 0 aliphatic heterocycles. The van der Waals surface area contributed by atoms with Gasteiger partial charge in [0, 0.05) is 0 Å². The lowest BCUT2D eigenvalue weighted by Crippen LogP contribution is -2.01. The highest BCUT2D eigenvalue weighted by atomic mass is 35.5. The lowest BCUT2D eigenvalue weighted by atomic mass is 10.1. The Bertz CT molecular complexity index is 455. The number of alkyl halides is 1. The van der Waals surface area contributed by atoms with Crippen LogP contribution >= 0.6 is 11.6 Å². The first-order valence-electron chi connectivity index (χ1n) is 6.87. The molecule has 3 nitrogen and oxygen atoms in total. The van der Waals surface area contributed by atoms with Crippen LogP contribution in [0.4, 0.5) is 0 Å². The van der Waals surface area contributed by atoms with E-state index in [0.717, 1.165) is 24.2 Å². The van der Waals surface area contributed by atoms with Gasteiger partial charge in [-0.1, -0.05) is 26.0 Å². The first-order valence-corrected chi connectivity index (χ1v) is 7.41. The molecule has 1 aromatic rings. The van der Waals surface area contributed by atoms with E-state index in [2.05, 4.69) is 13.8 Å². The average molecular weight is 297 g/mol. The van der Waals surface area contributed by atoms with Crippen LogP contribution in [0.25, 0.3) is 6.08 Å². The molecule has 0 aliphatic carbocycles. The van der Waals surface area contributed by atoms with Crippen molar-refractivity contribution >= 4 is 23.5 Å². The number of halogens is 1. The van der Waals surface area contributed by atoms with Gasteiger partial charge in [0.1, 0.15) is 0 Å². The number of ketones is 1. The van der Waals surface area contributed by atoms with Crippen molar-refractivity contribution < 1.29 is 14.3 Å². The van der Waals surface area contributed by atoms with E-state index in [1.807, 2.05) is 18.2 Å². The summed E-state index contributed by atoms with van der Waals surface area (Å²) in [6.07, 6.45) is 5.07. The number of rotatable bonds is 9. The molecule has 0 saturated heterocycles. The summed E-state index contributed by atoms with van der Waals surface area (Å²) >= 11 is 5.45. The van der Waals surface area contributed by atoms with Crippen molar-refractivity contribution in [3.63, 3.8) is 0 Å². The zero-order chi connectivity index (χ0) is 14.8. The van der Waals surface area contributed by atoms with Crippen molar-refractivity contribution in [2.24, 2.45) is 0 Å². The molecule has 1 rings (SSSR count). The van der Waals surface area contributed by atoms with Gasteiger partial charge in [0.15, 0.2) is 17.3 Å². The van der Waals surface area contributed by atoms with Crippen molar-refractivity contribution in [3.05, 3.63) is 29.8 Å². The van der Waals surface area contributed by atoms with E-state index in [1.54, 1.807) is 6.08 Å². The summed E-state index contributed by atoms with van der Waals surface area (Å²) in [7, 11) is 0. The van der Waals surface area contributed by atoms with Crippen LogP contribution in [0.2, 0.25) is 0 Å². The molecule has 0 atom stereocenters. The highest BCUT2D eigenvalue weighted by Crippen LogP contribution is 2.29. The number of hydrogen-bond acceptors (Lipinski definition) is 3. The number of benzene rings is 1. The summed E-state index contributed by atoms with van der Waals surface area (Å²) < 4.78 is 11.3. The van der Waals surface area contributed by atoms with Crippen molar-refractivity contribution in [2.75, 3.05) is 19.1 Å².